The van der Waals surface area contributed by atoms with Crippen LogP contribution >= 0.6 is 0 Å². The number of aryl methyl sites for hydroxylation is 1. The van der Waals surface area contributed by atoms with E-state index < -0.39 is 5.97 Å². The summed E-state index contributed by atoms with van der Waals surface area (Å²) in [6, 6.07) is 9.86. The number of benzene rings is 1. The number of nitrogens with zero attached hydrogens (tertiary/aromatic N) is 2. The summed E-state index contributed by atoms with van der Waals surface area (Å²) in [5.41, 5.74) is 3.34. The van der Waals surface area contributed by atoms with Crippen LogP contribution in [0.2, 0.25) is 0 Å². The third-order valence-electron chi connectivity index (χ3n) is 3.49. The lowest BCUT2D eigenvalue weighted by Gasteiger charge is -2.09. The molecule has 1 aromatic carbocycles. The molecular formula is C18H15FN2O2. The fourth-order valence-electron chi connectivity index (χ4n) is 2.51. The van der Waals surface area contributed by atoms with Crippen molar-refractivity contribution in [3.63, 3.8) is 0 Å². The second kappa shape index (κ2) is 6.04. The van der Waals surface area contributed by atoms with Crippen LogP contribution in [0.15, 0.2) is 55.0 Å². The summed E-state index contributed by atoms with van der Waals surface area (Å²) in [5, 5.41) is 0. The fraction of sp³-hybridized carbons (Fsp3) is 0.111. The highest BCUT2D eigenvalue weighted by molar-refractivity contribution is 5.88. The Bertz CT molecular complexity index is 839. The highest BCUT2D eigenvalue weighted by Crippen LogP contribution is 2.40. The number of carbonyl (C=O) groups is 1. The lowest BCUT2D eigenvalue weighted by Crippen LogP contribution is -2.05. The average Bonchev–Trinajstić information content (AvgIpc) is 2.85. The van der Waals surface area contributed by atoms with Gasteiger partial charge in [-0.3, -0.25) is 9.78 Å². The molecule has 0 aliphatic carbocycles. The summed E-state index contributed by atoms with van der Waals surface area (Å²) in [6.45, 7) is 1.35. The van der Waals surface area contributed by atoms with E-state index >= 15 is 0 Å². The van der Waals surface area contributed by atoms with Gasteiger partial charge >= 0.3 is 5.97 Å². The molecule has 0 N–H and O–H groups in total. The maximum atomic E-state index is 13.2. The summed E-state index contributed by atoms with van der Waals surface area (Å²) in [5.74, 6) is -0.295. The van der Waals surface area contributed by atoms with Gasteiger partial charge in [0.1, 0.15) is 5.82 Å². The SMILES string of the molecule is CC(=O)Oc1c(-c2ccc(F)cc2)c(-c2ccncc2)cn1C. The van der Waals surface area contributed by atoms with Crippen LogP contribution in [-0.4, -0.2) is 15.5 Å². The number of hydrogen-bond acceptors (Lipinski definition) is 3. The first-order chi connectivity index (χ1) is 11.1. The molecule has 0 unspecified atom stereocenters. The van der Waals surface area contributed by atoms with Gasteiger partial charge in [-0.05, 0) is 35.4 Å². The monoisotopic (exact) mass is 310 g/mol. The molecule has 0 saturated carbocycles. The van der Waals surface area contributed by atoms with Gasteiger partial charge in [0.15, 0.2) is 0 Å². The Morgan fingerprint density at radius 3 is 2.35 bits per heavy atom. The lowest BCUT2D eigenvalue weighted by molar-refractivity contribution is -0.132. The Kier molecular flexibility index (Phi) is 3.93. The van der Waals surface area contributed by atoms with Gasteiger partial charge in [-0.15, -0.1) is 0 Å². The van der Waals surface area contributed by atoms with Crippen molar-refractivity contribution in [3.05, 3.63) is 60.8 Å². The smallest absolute Gasteiger partial charge is 0.309 e. The van der Waals surface area contributed by atoms with E-state index in [0.29, 0.717) is 5.88 Å². The molecule has 3 rings (SSSR count). The van der Waals surface area contributed by atoms with Gasteiger partial charge in [-0.2, -0.15) is 0 Å². The number of halogens is 1. The zero-order chi connectivity index (χ0) is 16.4. The minimum absolute atomic E-state index is 0.316. The van der Waals surface area contributed by atoms with Crippen LogP contribution < -0.4 is 4.74 Å². The molecule has 0 spiro atoms. The zero-order valence-electron chi connectivity index (χ0n) is 12.8. The molecule has 5 heteroatoms. The van der Waals surface area contributed by atoms with E-state index in [1.165, 1.54) is 19.1 Å². The van der Waals surface area contributed by atoms with Crippen molar-refractivity contribution in [1.29, 1.82) is 0 Å². The quantitative estimate of drug-likeness (QED) is 0.691. The molecule has 0 radical (unpaired) electrons. The molecule has 2 heterocycles. The topological polar surface area (TPSA) is 44.1 Å². The van der Waals surface area contributed by atoms with Gasteiger partial charge in [0.05, 0.1) is 5.56 Å². The van der Waals surface area contributed by atoms with Crippen molar-refractivity contribution in [1.82, 2.24) is 9.55 Å². The van der Waals surface area contributed by atoms with E-state index in [1.54, 1.807) is 36.1 Å². The van der Waals surface area contributed by atoms with Crippen LogP contribution in [-0.2, 0) is 11.8 Å². The van der Waals surface area contributed by atoms with Gasteiger partial charge in [0.25, 0.3) is 0 Å². The molecule has 0 aliphatic heterocycles. The molecule has 0 bridgehead atoms. The van der Waals surface area contributed by atoms with Gasteiger partial charge in [0, 0.05) is 38.1 Å². The van der Waals surface area contributed by atoms with Gasteiger partial charge in [-0.1, -0.05) is 12.1 Å². The normalized spacial score (nSPS) is 10.6. The van der Waals surface area contributed by atoms with E-state index in [9.17, 15) is 9.18 Å². The Hall–Kier alpha value is -2.95. The minimum atomic E-state index is -0.407. The molecule has 116 valence electrons. The standard InChI is InChI=1S/C18H15FN2O2/c1-12(22)23-18-17(14-3-5-15(19)6-4-14)16(11-21(18)2)13-7-9-20-10-8-13/h3-11H,1-2H3. The van der Waals surface area contributed by atoms with Crippen molar-refractivity contribution < 1.29 is 13.9 Å². The number of rotatable bonds is 3. The number of pyridine rings is 1. The Labute approximate surface area is 133 Å². The number of ether oxygens (including phenoxy) is 1. The summed E-state index contributed by atoms with van der Waals surface area (Å²) in [6.07, 6.45) is 5.27. The zero-order valence-corrected chi connectivity index (χ0v) is 12.8. The van der Waals surface area contributed by atoms with Crippen molar-refractivity contribution in [2.45, 2.75) is 6.92 Å². The van der Waals surface area contributed by atoms with Crippen LogP contribution in [0.4, 0.5) is 4.39 Å². The molecule has 0 atom stereocenters. The lowest BCUT2D eigenvalue weighted by atomic mass is 9.99. The molecule has 0 aliphatic rings. The second-order valence-corrected chi connectivity index (χ2v) is 5.17. The average molecular weight is 310 g/mol. The Balaban J connectivity index is 2.24. The molecule has 4 nitrogen and oxygen atoms in total. The summed E-state index contributed by atoms with van der Waals surface area (Å²) in [4.78, 5) is 15.5. The van der Waals surface area contributed by atoms with E-state index in [2.05, 4.69) is 4.98 Å². The molecule has 0 fully saturated rings. The van der Waals surface area contributed by atoms with Gasteiger partial charge in [0.2, 0.25) is 5.88 Å². The van der Waals surface area contributed by atoms with Gasteiger partial charge < -0.3 is 9.30 Å². The maximum Gasteiger partial charge on any atom is 0.309 e. The minimum Gasteiger partial charge on any atom is -0.409 e. The number of esters is 1. The van der Waals surface area contributed by atoms with Crippen LogP contribution in [0.1, 0.15) is 6.92 Å². The predicted octanol–water partition coefficient (Wildman–Crippen LogP) is 3.82. The molecule has 3 aromatic rings. The van der Waals surface area contributed by atoms with Gasteiger partial charge in [-0.25, -0.2) is 4.39 Å². The van der Waals surface area contributed by atoms with E-state index in [0.717, 1.165) is 22.3 Å². The van der Waals surface area contributed by atoms with Crippen molar-refractivity contribution in [3.8, 4) is 28.1 Å². The van der Waals surface area contributed by atoms with E-state index in [4.69, 9.17) is 4.74 Å². The highest BCUT2D eigenvalue weighted by Gasteiger charge is 2.20. The number of hydrogen-bond donors (Lipinski definition) is 0. The molecular weight excluding hydrogens is 295 g/mol. The van der Waals surface area contributed by atoms with Crippen molar-refractivity contribution >= 4 is 5.97 Å². The highest BCUT2D eigenvalue weighted by atomic mass is 19.1. The summed E-state index contributed by atoms with van der Waals surface area (Å²) < 4.78 is 20.4. The van der Waals surface area contributed by atoms with Crippen LogP contribution in [0.5, 0.6) is 5.88 Å². The molecule has 0 amide bonds. The molecule has 2 aromatic heterocycles. The van der Waals surface area contributed by atoms with Crippen molar-refractivity contribution in [2.24, 2.45) is 7.05 Å². The van der Waals surface area contributed by atoms with Crippen LogP contribution in [0, 0.1) is 5.82 Å². The predicted molar refractivity (Wildman–Crippen MR) is 85.3 cm³/mol. The summed E-state index contributed by atoms with van der Waals surface area (Å²) in [7, 11) is 1.80. The first-order valence-electron chi connectivity index (χ1n) is 7.10. The fourth-order valence-corrected chi connectivity index (χ4v) is 2.51. The first-order valence-corrected chi connectivity index (χ1v) is 7.10. The van der Waals surface area contributed by atoms with Crippen LogP contribution in [0.25, 0.3) is 22.3 Å². The molecule has 23 heavy (non-hydrogen) atoms. The second-order valence-electron chi connectivity index (χ2n) is 5.17. The van der Waals surface area contributed by atoms with E-state index in [-0.39, 0.29) is 5.82 Å². The summed E-state index contributed by atoms with van der Waals surface area (Å²) >= 11 is 0. The largest absolute Gasteiger partial charge is 0.409 e. The van der Waals surface area contributed by atoms with E-state index in [1.807, 2.05) is 18.3 Å². The van der Waals surface area contributed by atoms with Crippen molar-refractivity contribution in [2.75, 3.05) is 0 Å². The Morgan fingerprint density at radius 2 is 1.74 bits per heavy atom. The Morgan fingerprint density at radius 1 is 1.09 bits per heavy atom. The third kappa shape index (κ3) is 2.99. The first kappa shape index (κ1) is 15.0. The number of carbonyl (C=O) groups excluding carboxylic acids is 1. The maximum absolute atomic E-state index is 13.2. The number of aromatic nitrogens is 2. The van der Waals surface area contributed by atoms with Crippen LogP contribution in [0.3, 0.4) is 0 Å². The molecule has 0 saturated heterocycles. The third-order valence-corrected chi connectivity index (χ3v) is 3.49.